The number of fused-ring (bicyclic) bond motifs is 5. The zero-order chi connectivity index (χ0) is 38.4. The van der Waals surface area contributed by atoms with Crippen molar-refractivity contribution in [2.45, 2.75) is 0 Å². The van der Waals surface area contributed by atoms with Crippen molar-refractivity contribution in [3.05, 3.63) is 231 Å². The lowest BCUT2D eigenvalue weighted by molar-refractivity contribution is 1.18. The van der Waals surface area contributed by atoms with E-state index in [9.17, 15) is 0 Å². The van der Waals surface area contributed by atoms with Crippen LogP contribution < -0.4 is 4.90 Å². The molecule has 0 aliphatic rings. The molecule has 11 aromatic rings. The smallest absolute Gasteiger partial charge is 0.0561 e. The fourth-order valence-electron chi connectivity index (χ4n) is 8.65. The predicted octanol–water partition coefficient (Wildman–Crippen LogP) is 15.6. The van der Waals surface area contributed by atoms with E-state index in [1.54, 1.807) is 0 Å². The molecular formula is C56H38N2. The molecule has 0 bridgehead atoms. The van der Waals surface area contributed by atoms with E-state index in [0.29, 0.717) is 0 Å². The van der Waals surface area contributed by atoms with Gasteiger partial charge in [0.25, 0.3) is 0 Å². The van der Waals surface area contributed by atoms with Crippen LogP contribution in [0, 0.1) is 0 Å². The Hall–Kier alpha value is -7.68. The van der Waals surface area contributed by atoms with Gasteiger partial charge < -0.3 is 9.47 Å². The van der Waals surface area contributed by atoms with Gasteiger partial charge in [0.2, 0.25) is 0 Å². The summed E-state index contributed by atoms with van der Waals surface area (Å²) in [6.07, 6.45) is 0. The number of nitrogens with zero attached hydrogens (tertiary/aromatic N) is 2. The molecule has 11 rings (SSSR count). The number of anilines is 3. The Morgan fingerprint density at radius 1 is 0.259 bits per heavy atom. The number of hydrogen-bond acceptors (Lipinski definition) is 1. The normalized spacial score (nSPS) is 11.4. The van der Waals surface area contributed by atoms with Crippen LogP contribution in [-0.2, 0) is 0 Å². The van der Waals surface area contributed by atoms with Gasteiger partial charge in [0.15, 0.2) is 0 Å². The zero-order valence-corrected chi connectivity index (χ0v) is 31.8. The highest BCUT2D eigenvalue weighted by Gasteiger charge is 2.19. The lowest BCUT2D eigenvalue weighted by Gasteiger charge is -2.27. The first-order valence-electron chi connectivity index (χ1n) is 19.9. The molecule has 10 aromatic carbocycles. The third kappa shape index (κ3) is 6.00. The third-order valence-electron chi connectivity index (χ3n) is 11.5. The fraction of sp³-hybridized carbons (Fsp3) is 0. The molecule has 0 fully saturated rings. The van der Waals surface area contributed by atoms with Crippen molar-refractivity contribution in [3.8, 4) is 39.1 Å². The number of aromatic nitrogens is 1. The van der Waals surface area contributed by atoms with Gasteiger partial charge in [-0.05, 0) is 128 Å². The Morgan fingerprint density at radius 2 is 0.741 bits per heavy atom. The van der Waals surface area contributed by atoms with E-state index in [-0.39, 0.29) is 0 Å². The van der Waals surface area contributed by atoms with Gasteiger partial charge in [-0.2, -0.15) is 0 Å². The summed E-state index contributed by atoms with van der Waals surface area (Å²) in [6, 6.07) is 83.8. The molecule has 0 saturated carbocycles. The Balaban J connectivity index is 1.06. The van der Waals surface area contributed by atoms with Crippen molar-refractivity contribution in [2.24, 2.45) is 0 Å². The third-order valence-corrected chi connectivity index (χ3v) is 11.5. The van der Waals surface area contributed by atoms with Gasteiger partial charge in [0.05, 0.1) is 11.0 Å². The van der Waals surface area contributed by atoms with Gasteiger partial charge in [0.1, 0.15) is 0 Å². The molecule has 0 saturated heterocycles. The van der Waals surface area contributed by atoms with E-state index in [0.717, 1.165) is 22.7 Å². The van der Waals surface area contributed by atoms with Crippen LogP contribution in [0.15, 0.2) is 231 Å². The van der Waals surface area contributed by atoms with Gasteiger partial charge in [-0.25, -0.2) is 0 Å². The Bertz CT molecular complexity index is 3290. The van der Waals surface area contributed by atoms with Crippen molar-refractivity contribution in [1.29, 1.82) is 0 Å². The van der Waals surface area contributed by atoms with E-state index in [1.165, 1.54) is 76.7 Å². The highest BCUT2D eigenvalue weighted by Crippen LogP contribution is 2.42. The Kier molecular flexibility index (Phi) is 8.19. The Morgan fingerprint density at radius 3 is 1.43 bits per heavy atom. The molecule has 1 aromatic heterocycles. The first-order valence-corrected chi connectivity index (χ1v) is 19.9. The second-order valence-electron chi connectivity index (χ2n) is 15.0. The molecular weight excluding hydrogens is 701 g/mol. The lowest BCUT2D eigenvalue weighted by Crippen LogP contribution is -2.10. The quantitative estimate of drug-likeness (QED) is 0.158. The van der Waals surface area contributed by atoms with Crippen molar-refractivity contribution in [3.63, 3.8) is 0 Å². The summed E-state index contributed by atoms with van der Waals surface area (Å²) in [5, 5.41) is 7.44. The summed E-state index contributed by atoms with van der Waals surface area (Å²) in [7, 11) is 0. The molecule has 0 aliphatic heterocycles. The summed E-state index contributed by atoms with van der Waals surface area (Å²) in [4.78, 5) is 2.40. The minimum Gasteiger partial charge on any atom is -0.310 e. The van der Waals surface area contributed by atoms with Crippen LogP contribution in [-0.4, -0.2) is 4.57 Å². The minimum absolute atomic E-state index is 1.09. The SMILES string of the molecule is c1ccc(-c2cccc(N(c3cccc(-c4ccc5ccc(-c6ccc7ccccc7c6)cc5c4)c3)c3ccc4c5ccccc5n(-c5ccccc5)c4c3)c2)cc1. The molecule has 0 unspecified atom stereocenters. The maximum atomic E-state index is 2.40. The van der Waals surface area contributed by atoms with E-state index in [1.807, 2.05) is 0 Å². The first kappa shape index (κ1) is 33.6. The maximum Gasteiger partial charge on any atom is 0.0561 e. The van der Waals surface area contributed by atoms with E-state index < -0.39 is 0 Å². The van der Waals surface area contributed by atoms with Crippen molar-refractivity contribution >= 4 is 60.4 Å². The number of rotatable bonds is 7. The maximum absolute atomic E-state index is 2.40. The Labute approximate surface area is 338 Å². The van der Waals surface area contributed by atoms with Gasteiger partial charge in [-0.15, -0.1) is 0 Å². The van der Waals surface area contributed by atoms with Crippen LogP contribution in [0.4, 0.5) is 17.1 Å². The molecule has 58 heavy (non-hydrogen) atoms. The van der Waals surface area contributed by atoms with Gasteiger partial charge in [-0.3, -0.25) is 0 Å². The van der Waals surface area contributed by atoms with Crippen LogP contribution in [0.5, 0.6) is 0 Å². The second-order valence-corrected chi connectivity index (χ2v) is 15.0. The fourth-order valence-corrected chi connectivity index (χ4v) is 8.65. The molecule has 2 nitrogen and oxygen atoms in total. The van der Waals surface area contributed by atoms with Crippen LogP contribution in [0.25, 0.3) is 82.4 Å². The lowest BCUT2D eigenvalue weighted by atomic mass is 9.96. The molecule has 0 atom stereocenters. The predicted molar refractivity (Wildman–Crippen MR) is 247 cm³/mol. The van der Waals surface area contributed by atoms with E-state index >= 15 is 0 Å². The average Bonchev–Trinajstić information content (AvgIpc) is 3.63. The summed E-state index contributed by atoms with van der Waals surface area (Å²) in [5.74, 6) is 0. The molecule has 0 spiro atoms. The van der Waals surface area contributed by atoms with E-state index in [4.69, 9.17) is 0 Å². The molecule has 0 N–H and O–H groups in total. The van der Waals surface area contributed by atoms with Gasteiger partial charge in [0, 0.05) is 33.5 Å². The number of hydrogen-bond donors (Lipinski definition) is 0. The zero-order valence-electron chi connectivity index (χ0n) is 31.8. The van der Waals surface area contributed by atoms with Crippen molar-refractivity contribution in [2.75, 3.05) is 4.90 Å². The minimum atomic E-state index is 1.09. The molecule has 272 valence electrons. The van der Waals surface area contributed by atoms with Crippen molar-refractivity contribution < 1.29 is 0 Å². The van der Waals surface area contributed by atoms with Crippen LogP contribution in [0.2, 0.25) is 0 Å². The van der Waals surface area contributed by atoms with E-state index in [2.05, 4.69) is 240 Å². The van der Waals surface area contributed by atoms with Gasteiger partial charge >= 0.3 is 0 Å². The largest absolute Gasteiger partial charge is 0.310 e. The first-order chi connectivity index (χ1) is 28.7. The topological polar surface area (TPSA) is 8.17 Å². The number of para-hydroxylation sites is 2. The number of benzene rings is 10. The highest BCUT2D eigenvalue weighted by atomic mass is 15.1. The van der Waals surface area contributed by atoms with Gasteiger partial charge in [-0.1, -0.05) is 158 Å². The summed E-state index contributed by atoms with van der Waals surface area (Å²) in [5.41, 5.74) is 13.9. The molecule has 0 amide bonds. The molecule has 0 radical (unpaired) electrons. The van der Waals surface area contributed by atoms with Crippen LogP contribution in [0.3, 0.4) is 0 Å². The summed E-state index contributed by atoms with van der Waals surface area (Å²) in [6.45, 7) is 0. The van der Waals surface area contributed by atoms with Crippen molar-refractivity contribution in [1.82, 2.24) is 4.57 Å². The second kappa shape index (κ2) is 14.1. The standard InChI is InChI=1S/C56H38N2/c1-3-13-39(14-4-1)43-17-11-21-50(36-43)57(52-31-32-54-53-23-9-10-24-55(53)58(56(54)38-52)49-19-5-2-6-20-49)51-22-12-18-44(37-51)46-29-26-41-27-30-47(35-48(41)34-46)45-28-25-40-15-7-8-16-42(40)33-45/h1-38H. The summed E-state index contributed by atoms with van der Waals surface area (Å²) >= 11 is 0. The average molecular weight is 739 g/mol. The monoisotopic (exact) mass is 738 g/mol. The van der Waals surface area contributed by atoms with Crippen LogP contribution in [0.1, 0.15) is 0 Å². The van der Waals surface area contributed by atoms with Crippen LogP contribution >= 0.6 is 0 Å². The molecule has 2 heteroatoms. The molecule has 1 heterocycles. The molecule has 0 aliphatic carbocycles. The highest BCUT2D eigenvalue weighted by molar-refractivity contribution is 6.10. The summed E-state index contributed by atoms with van der Waals surface area (Å²) < 4.78 is 2.39.